The van der Waals surface area contributed by atoms with E-state index in [4.69, 9.17) is 10.5 Å². The first-order valence-corrected chi connectivity index (χ1v) is 7.02. The molecular formula is C16H13FN4O3. The fraction of sp³-hybridized carbons (Fsp3) is 0.188. The van der Waals surface area contributed by atoms with Crippen LogP contribution in [0.4, 0.5) is 4.39 Å². The third kappa shape index (κ3) is 2.56. The highest BCUT2D eigenvalue weighted by Gasteiger charge is 2.35. The van der Waals surface area contributed by atoms with E-state index in [2.05, 4.69) is 14.9 Å². The van der Waals surface area contributed by atoms with Crippen molar-refractivity contribution in [3.05, 3.63) is 58.4 Å². The van der Waals surface area contributed by atoms with Crippen LogP contribution in [-0.4, -0.2) is 23.3 Å². The lowest BCUT2D eigenvalue weighted by molar-refractivity contribution is -0.139. The number of H-pyrrole nitrogens is 1. The van der Waals surface area contributed by atoms with Gasteiger partial charge in [0.1, 0.15) is 17.5 Å². The molecule has 2 aromatic rings. The van der Waals surface area contributed by atoms with Crippen LogP contribution in [0.3, 0.4) is 0 Å². The third-order valence-electron chi connectivity index (χ3n) is 3.77. The topological polar surface area (TPSA) is 114 Å². The molecule has 0 aliphatic carbocycles. The van der Waals surface area contributed by atoms with Gasteiger partial charge in [0.25, 0.3) is 0 Å². The molecule has 0 fully saturated rings. The number of ether oxygens (including phenoxy) is 2. The fourth-order valence-corrected chi connectivity index (χ4v) is 2.65. The van der Waals surface area contributed by atoms with Crippen LogP contribution in [0.15, 0.2) is 35.7 Å². The standard InChI is InChI=1S/C16H13FN4O3/c1-23-12(22)6-11-14-13(8-2-4-9(17)5-3-8)10(7-18)15(19)24-16(14)21-20-11/h2-5,13H,6,19H2,1H3,(H,20,21). The molecule has 0 radical (unpaired) electrons. The number of carbonyl (C=O) groups is 1. The number of nitrogens with two attached hydrogens (primary N) is 1. The van der Waals surface area contributed by atoms with Gasteiger partial charge in [-0.2, -0.15) is 5.26 Å². The summed E-state index contributed by atoms with van der Waals surface area (Å²) in [6.45, 7) is 0. The number of nitriles is 1. The minimum Gasteiger partial charge on any atom is -0.469 e. The van der Waals surface area contributed by atoms with Gasteiger partial charge >= 0.3 is 5.97 Å². The lowest BCUT2D eigenvalue weighted by Gasteiger charge is -2.23. The quantitative estimate of drug-likeness (QED) is 0.825. The van der Waals surface area contributed by atoms with Crippen molar-refractivity contribution in [2.75, 3.05) is 7.11 Å². The van der Waals surface area contributed by atoms with Crippen LogP contribution in [0.5, 0.6) is 5.88 Å². The van der Waals surface area contributed by atoms with E-state index < -0.39 is 17.7 Å². The average Bonchev–Trinajstić information content (AvgIpc) is 2.96. The number of methoxy groups -OCH3 is 1. The van der Waals surface area contributed by atoms with Gasteiger partial charge in [0.2, 0.25) is 11.8 Å². The van der Waals surface area contributed by atoms with E-state index >= 15 is 0 Å². The van der Waals surface area contributed by atoms with E-state index in [1.54, 1.807) is 12.1 Å². The highest BCUT2D eigenvalue weighted by Crippen LogP contribution is 2.42. The summed E-state index contributed by atoms with van der Waals surface area (Å²) in [5, 5.41) is 16.2. The number of hydrogen-bond acceptors (Lipinski definition) is 6. The van der Waals surface area contributed by atoms with Gasteiger partial charge in [0.15, 0.2) is 0 Å². The van der Waals surface area contributed by atoms with Crippen LogP contribution >= 0.6 is 0 Å². The summed E-state index contributed by atoms with van der Waals surface area (Å²) < 4.78 is 23.3. The summed E-state index contributed by atoms with van der Waals surface area (Å²) in [5.41, 5.74) is 7.58. The normalized spacial score (nSPS) is 16.1. The van der Waals surface area contributed by atoms with Gasteiger partial charge in [-0.3, -0.25) is 9.89 Å². The van der Waals surface area contributed by atoms with Gasteiger partial charge in [-0.25, -0.2) is 4.39 Å². The van der Waals surface area contributed by atoms with Crippen LogP contribution < -0.4 is 10.5 Å². The Morgan fingerprint density at radius 2 is 2.21 bits per heavy atom. The van der Waals surface area contributed by atoms with E-state index in [1.807, 2.05) is 6.07 Å². The second-order valence-corrected chi connectivity index (χ2v) is 5.15. The zero-order valence-corrected chi connectivity index (χ0v) is 12.7. The lowest BCUT2D eigenvalue weighted by Crippen LogP contribution is -2.21. The first kappa shape index (κ1) is 15.6. The van der Waals surface area contributed by atoms with Crippen molar-refractivity contribution in [3.8, 4) is 11.9 Å². The molecule has 2 heterocycles. The monoisotopic (exact) mass is 328 g/mol. The first-order valence-electron chi connectivity index (χ1n) is 7.02. The van der Waals surface area contributed by atoms with Crippen molar-refractivity contribution in [1.82, 2.24) is 10.2 Å². The maximum absolute atomic E-state index is 13.2. The number of aromatic amines is 1. The number of rotatable bonds is 3. The van der Waals surface area contributed by atoms with Crippen molar-refractivity contribution in [3.63, 3.8) is 0 Å². The van der Waals surface area contributed by atoms with Gasteiger partial charge in [-0.05, 0) is 17.7 Å². The number of nitrogens with one attached hydrogen (secondary N) is 1. The van der Waals surface area contributed by atoms with Crippen molar-refractivity contribution >= 4 is 5.97 Å². The van der Waals surface area contributed by atoms with Crippen LogP contribution in [0, 0.1) is 17.1 Å². The third-order valence-corrected chi connectivity index (χ3v) is 3.77. The number of esters is 1. The Morgan fingerprint density at radius 3 is 2.83 bits per heavy atom. The van der Waals surface area contributed by atoms with Gasteiger partial charge in [0.05, 0.1) is 30.7 Å². The highest BCUT2D eigenvalue weighted by molar-refractivity contribution is 5.73. The number of hydrogen-bond donors (Lipinski definition) is 2. The summed E-state index contributed by atoms with van der Waals surface area (Å²) >= 11 is 0. The molecule has 1 atom stereocenters. The van der Waals surface area contributed by atoms with Crippen molar-refractivity contribution < 1.29 is 18.7 Å². The van der Waals surface area contributed by atoms with E-state index in [0.29, 0.717) is 16.8 Å². The lowest BCUT2D eigenvalue weighted by atomic mass is 9.83. The SMILES string of the molecule is COC(=O)Cc1[nH]nc2c1C(c1ccc(F)cc1)C(C#N)=C(N)O2. The van der Waals surface area contributed by atoms with Gasteiger partial charge in [-0.1, -0.05) is 12.1 Å². The van der Waals surface area contributed by atoms with Gasteiger partial charge in [-0.15, -0.1) is 5.10 Å². The Hall–Kier alpha value is -3.34. The van der Waals surface area contributed by atoms with Crippen molar-refractivity contribution in [2.45, 2.75) is 12.3 Å². The molecule has 0 amide bonds. The molecule has 1 aromatic heterocycles. The van der Waals surface area contributed by atoms with E-state index in [9.17, 15) is 14.4 Å². The molecule has 1 aliphatic heterocycles. The molecule has 3 N–H and O–H groups in total. The minimum absolute atomic E-state index is 0.0709. The van der Waals surface area contributed by atoms with Crippen LogP contribution in [0.25, 0.3) is 0 Å². The first-order chi connectivity index (χ1) is 11.5. The smallest absolute Gasteiger partial charge is 0.311 e. The van der Waals surface area contributed by atoms with E-state index in [1.165, 1.54) is 19.2 Å². The van der Waals surface area contributed by atoms with Crippen LogP contribution in [0.1, 0.15) is 22.7 Å². The number of nitrogens with zero attached hydrogens (tertiary/aromatic N) is 2. The molecule has 0 saturated heterocycles. The number of halogens is 1. The zero-order valence-electron chi connectivity index (χ0n) is 12.7. The van der Waals surface area contributed by atoms with E-state index in [0.717, 1.165) is 0 Å². The van der Waals surface area contributed by atoms with Crippen molar-refractivity contribution in [1.29, 1.82) is 5.26 Å². The Labute approximate surface area is 136 Å². The summed E-state index contributed by atoms with van der Waals surface area (Å²) in [5.74, 6) is -1.38. The Bertz CT molecular complexity index is 864. The van der Waals surface area contributed by atoms with Crippen LogP contribution in [-0.2, 0) is 16.0 Å². The number of allylic oxidation sites excluding steroid dienone is 1. The highest BCUT2D eigenvalue weighted by atomic mass is 19.1. The Kier molecular flexibility index (Phi) is 3.92. The molecule has 0 bridgehead atoms. The molecule has 1 unspecified atom stereocenters. The molecule has 3 rings (SSSR count). The average molecular weight is 328 g/mol. The zero-order chi connectivity index (χ0) is 17.3. The molecule has 1 aliphatic rings. The molecule has 122 valence electrons. The maximum Gasteiger partial charge on any atom is 0.311 e. The van der Waals surface area contributed by atoms with E-state index in [-0.39, 0.29) is 23.8 Å². The Morgan fingerprint density at radius 1 is 1.50 bits per heavy atom. The summed E-state index contributed by atoms with van der Waals surface area (Å²) in [7, 11) is 1.28. The Balaban J connectivity index is 2.15. The molecule has 1 aromatic carbocycles. The molecule has 7 nitrogen and oxygen atoms in total. The van der Waals surface area contributed by atoms with Crippen molar-refractivity contribution in [2.24, 2.45) is 5.73 Å². The summed E-state index contributed by atoms with van der Waals surface area (Å²) in [4.78, 5) is 11.6. The number of benzene rings is 1. The largest absolute Gasteiger partial charge is 0.469 e. The second kappa shape index (κ2) is 6.04. The number of aromatic nitrogens is 2. The molecule has 24 heavy (non-hydrogen) atoms. The molecule has 8 heteroatoms. The summed E-state index contributed by atoms with van der Waals surface area (Å²) in [6.07, 6.45) is -0.0709. The maximum atomic E-state index is 13.2. The van der Waals surface area contributed by atoms with Gasteiger partial charge in [0, 0.05) is 0 Å². The predicted octanol–water partition coefficient (Wildman–Crippen LogP) is 1.48. The predicted molar refractivity (Wildman–Crippen MR) is 80.0 cm³/mol. The number of fused-ring (bicyclic) bond motifs is 1. The van der Waals surface area contributed by atoms with Crippen LogP contribution in [0.2, 0.25) is 0 Å². The molecule has 0 saturated carbocycles. The summed E-state index contributed by atoms with van der Waals surface area (Å²) in [6, 6.07) is 7.70. The number of carbonyl (C=O) groups excluding carboxylic acids is 1. The second-order valence-electron chi connectivity index (χ2n) is 5.15. The molecular weight excluding hydrogens is 315 g/mol. The fourth-order valence-electron chi connectivity index (χ4n) is 2.65. The van der Waals surface area contributed by atoms with Gasteiger partial charge < -0.3 is 15.2 Å². The minimum atomic E-state index is -0.613. The molecule has 0 spiro atoms.